The highest BCUT2D eigenvalue weighted by molar-refractivity contribution is 5.92. The van der Waals surface area contributed by atoms with Crippen LogP contribution in [0.4, 0.5) is 0 Å². The number of esters is 6. The van der Waals surface area contributed by atoms with Gasteiger partial charge in [-0.1, -0.05) is 41.5 Å². The fourth-order valence-electron chi connectivity index (χ4n) is 21.8. The number of fused-ring (bicyclic) bond motifs is 2. The number of ketones is 2. The summed E-state index contributed by atoms with van der Waals surface area (Å²) in [6.07, 6.45) is 3.47. The third kappa shape index (κ3) is 6.40. The van der Waals surface area contributed by atoms with E-state index in [4.69, 9.17) is 56.8 Å². The Labute approximate surface area is 485 Å². The van der Waals surface area contributed by atoms with Gasteiger partial charge < -0.3 is 57.6 Å². The number of aliphatic hydroxyl groups excluding tert-OH is 2. The molecular formula is C62H76O22. The van der Waals surface area contributed by atoms with E-state index in [0.29, 0.717) is 51.4 Å². The van der Waals surface area contributed by atoms with Crippen molar-refractivity contribution in [3.63, 3.8) is 0 Å². The topological polar surface area (TPSA) is 288 Å². The van der Waals surface area contributed by atoms with Crippen molar-refractivity contribution in [1.29, 1.82) is 0 Å². The van der Waals surface area contributed by atoms with Crippen LogP contribution in [0.2, 0.25) is 0 Å². The highest BCUT2D eigenvalue weighted by atomic mass is 16.8. The van der Waals surface area contributed by atoms with Gasteiger partial charge in [0.1, 0.15) is 46.2 Å². The van der Waals surface area contributed by atoms with Gasteiger partial charge in [0.25, 0.3) is 0 Å². The monoisotopic (exact) mass is 1170 g/mol. The molecule has 24 atom stereocenters. The molecule has 0 amide bonds. The lowest BCUT2D eigenvalue weighted by atomic mass is 9.65. The summed E-state index contributed by atoms with van der Waals surface area (Å²) in [5.74, 6) is -12.8. The molecule has 2 N–H and O–H groups in total. The molecule has 22 nitrogen and oxygen atoms in total. The average Bonchev–Trinajstić information content (AvgIpc) is 1.49. The third-order valence-corrected chi connectivity index (χ3v) is 24.7. The van der Waals surface area contributed by atoms with Crippen molar-refractivity contribution in [1.82, 2.24) is 0 Å². The SMILES string of the molecule is CC(=O)OC1=C2CC[C@@H]3[C@@]4(C[C@@]25CC[C@]2(C)C(=O)[C@@H](C)[C@H]6[C@@H]2[C@@]1(O5)O[C@@]61C[C@H](C)C(=O)O1)OC(=O)C[C@H]4O[C@@]3(C)CO.CC(=O)OC1=C2CC[C@H]3[C@]4(C[C@]25CC[C@@]2(C)C(=O)[C@H](C)[C@@H]6[C@H]2[C@]1(O5)O[C@]61C[C@@H](C)C(=O)O1)OC(=O)C[C@@H]4O[C@]3(C)CO. The number of carbonyl (C=O) groups is 8. The fraction of sp³-hybridized carbons (Fsp3) is 0.806. The first-order chi connectivity index (χ1) is 39.4. The van der Waals surface area contributed by atoms with Gasteiger partial charge in [0.15, 0.2) is 11.5 Å². The van der Waals surface area contributed by atoms with Gasteiger partial charge in [0.2, 0.25) is 23.1 Å². The van der Waals surface area contributed by atoms with E-state index in [0.717, 1.165) is 11.1 Å². The molecule has 8 spiro atoms. The van der Waals surface area contributed by atoms with Crippen LogP contribution in [0.1, 0.15) is 159 Å². The number of ether oxygens (including phenoxy) is 12. The predicted octanol–water partition coefficient (Wildman–Crippen LogP) is 4.93. The minimum absolute atomic E-state index is 0.0540. The zero-order valence-electron chi connectivity index (χ0n) is 49.3. The number of aliphatic hydroxyl groups is 2. The van der Waals surface area contributed by atoms with Gasteiger partial charge in [0.05, 0.1) is 49.1 Å². The molecule has 12 aliphatic heterocycles. The molecule has 10 saturated heterocycles. The first kappa shape index (κ1) is 55.9. The Morgan fingerprint density at radius 1 is 0.548 bits per heavy atom. The summed E-state index contributed by atoms with van der Waals surface area (Å²) in [5, 5.41) is 20.9. The highest BCUT2D eigenvalue weighted by Gasteiger charge is 2.87. The lowest BCUT2D eigenvalue weighted by molar-refractivity contribution is -0.323. The zero-order valence-corrected chi connectivity index (χ0v) is 49.3. The molecule has 12 heterocycles. The van der Waals surface area contributed by atoms with Crippen LogP contribution in [0.15, 0.2) is 22.7 Å². The Balaban J connectivity index is 0.000000143. The molecule has 0 aromatic rings. The minimum atomic E-state index is -1.65. The molecule has 4 saturated carbocycles. The Kier molecular flexibility index (Phi) is 11.1. The van der Waals surface area contributed by atoms with Gasteiger partial charge in [-0.3, -0.25) is 47.8 Å². The van der Waals surface area contributed by atoms with E-state index in [9.17, 15) is 48.6 Å². The zero-order chi connectivity index (χ0) is 59.7. The summed E-state index contributed by atoms with van der Waals surface area (Å²) in [6, 6.07) is 0. The Hall–Kier alpha value is -4.68. The molecule has 0 aromatic heterocycles. The molecule has 0 radical (unpaired) electrons. The van der Waals surface area contributed by atoms with Crippen molar-refractivity contribution >= 4 is 47.4 Å². The van der Waals surface area contributed by atoms with Crippen LogP contribution in [-0.2, 0) is 95.2 Å². The van der Waals surface area contributed by atoms with Crippen LogP contribution in [0.3, 0.4) is 0 Å². The largest absolute Gasteiger partial charge is 0.456 e. The van der Waals surface area contributed by atoms with Gasteiger partial charge in [0, 0.05) is 109 Å². The minimum Gasteiger partial charge on any atom is -0.456 e. The summed E-state index contributed by atoms with van der Waals surface area (Å²) in [6.45, 7) is 17.0. The molecule has 84 heavy (non-hydrogen) atoms. The van der Waals surface area contributed by atoms with Crippen molar-refractivity contribution in [3.8, 4) is 0 Å². The average molecular weight is 1170 g/mol. The fourth-order valence-corrected chi connectivity index (χ4v) is 21.8. The normalized spacial score (nSPS) is 55.1. The predicted molar refractivity (Wildman–Crippen MR) is 277 cm³/mol. The van der Waals surface area contributed by atoms with E-state index in [1.54, 1.807) is 13.8 Å². The van der Waals surface area contributed by atoms with Crippen LogP contribution >= 0.6 is 0 Å². The van der Waals surface area contributed by atoms with Crippen LogP contribution in [0.5, 0.6) is 0 Å². The summed E-state index contributed by atoms with van der Waals surface area (Å²) in [4.78, 5) is 105. The van der Waals surface area contributed by atoms with Gasteiger partial charge in [-0.15, -0.1) is 0 Å². The van der Waals surface area contributed by atoms with Crippen molar-refractivity contribution in [2.45, 2.75) is 228 Å². The molecule has 4 bridgehead atoms. The summed E-state index contributed by atoms with van der Waals surface area (Å²) < 4.78 is 77.8. The first-order valence-electron chi connectivity index (χ1n) is 30.6. The second kappa shape index (κ2) is 16.7. The van der Waals surface area contributed by atoms with E-state index in [1.807, 2.05) is 41.5 Å². The number of hydrogen-bond acceptors (Lipinski definition) is 22. The molecule has 456 valence electrons. The molecule has 16 rings (SSSR count). The van der Waals surface area contributed by atoms with E-state index in [1.165, 1.54) is 13.8 Å². The van der Waals surface area contributed by atoms with Gasteiger partial charge >= 0.3 is 35.8 Å². The van der Waals surface area contributed by atoms with E-state index < -0.39 is 151 Å². The van der Waals surface area contributed by atoms with Crippen molar-refractivity contribution in [2.75, 3.05) is 13.2 Å². The maximum Gasteiger partial charge on any atom is 0.311 e. The van der Waals surface area contributed by atoms with Gasteiger partial charge in [-0.25, -0.2) is 0 Å². The second-order valence-corrected chi connectivity index (χ2v) is 29.3. The molecular weight excluding hydrogens is 1100 g/mol. The molecule has 0 unspecified atom stereocenters. The van der Waals surface area contributed by atoms with Crippen LogP contribution in [0.25, 0.3) is 0 Å². The first-order valence-corrected chi connectivity index (χ1v) is 30.6. The Morgan fingerprint density at radius 2 is 0.929 bits per heavy atom. The number of carbonyl (C=O) groups excluding carboxylic acids is 8. The lowest BCUT2D eigenvalue weighted by Crippen LogP contribution is -2.52. The maximum absolute atomic E-state index is 14.2. The standard InChI is InChI=1S/2C31H38O11/c2*1-14-11-30(40-25(14)36)21-15(2)23(35)26(4)8-9-28-12-29-18(27(5,13-32)38-19(29)10-20(34)39-29)7-6-17(28)24(37-16(3)33)31(41-28,42-30)22(21)26/h2*14-15,18-19,21-22,32H,6-13H2,1-5H3/t2*14-,15-,18-,19+,21-,22-,26-,27-,28-,29+,30-,31+/m10/s1. The molecule has 22 heteroatoms. The van der Waals surface area contributed by atoms with Gasteiger partial charge in [-0.05, 0) is 65.2 Å². The lowest BCUT2D eigenvalue weighted by Gasteiger charge is -2.41. The summed E-state index contributed by atoms with van der Waals surface area (Å²) in [7, 11) is 0. The summed E-state index contributed by atoms with van der Waals surface area (Å²) in [5.41, 5.74) is -6.55. The number of Topliss-reactive ketones (excluding diaryl/α,β-unsaturated/α-hetero) is 2. The van der Waals surface area contributed by atoms with E-state index >= 15 is 0 Å². The van der Waals surface area contributed by atoms with Crippen molar-refractivity contribution in [2.24, 2.45) is 70.0 Å². The smallest absolute Gasteiger partial charge is 0.311 e. The van der Waals surface area contributed by atoms with E-state index in [2.05, 4.69) is 0 Å². The maximum atomic E-state index is 14.2. The quantitative estimate of drug-likeness (QED) is 0.279. The molecule has 4 aliphatic carbocycles. The molecule has 16 aliphatic rings. The van der Waals surface area contributed by atoms with Gasteiger partial charge in [-0.2, -0.15) is 0 Å². The third-order valence-electron chi connectivity index (χ3n) is 24.7. The summed E-state index contributed by atoms with van der Waals surface area (Å²) >= 11 is 0. The van der Waals surface area contributed by atoms with Crippen molar-refractivity contribution in [3.05, 3.63) is 22.7 Å². The van der Waals surface area contributed by atoms with Crippen LogP contribution in [0, 0.1) is 70.0 Å². The second-order valence-electron chi connectivity index (χ2n) is 29.3. The van der Waals surface area contributed by atoms with Crippen molar-refractivity contribution < 1.29 is 105 Å². The Bertz CT molecular complexity index is 2980. The highest BCUT2D eigenvalue weighted by Crippen LogP contribution is 2.78. The van der Waals surface area contributed by atoms with Crippen LogP contribution < -0.4 is 0 Å². The number of hydrogen-bond donors (Lipinski definition) is 2. The molecule has 14 fully saturated rings. The van der Waals surface area contributed by atoms with E-state index in [-0.39, 0.29) is 98.6 Å². The number of rotatable bonds is 4. The van der Waals surface area contributed by atoms with Crippen LogP contribution in [-0.4, -0.2) is 140 Å². The molecule has 0 aromatic carbocycles. The Morgan fingerprint density at radius 3 is 1.26 bits per heavy atom.